The number of hydrogen-bond acceptors (Lipinski definition) is 5. The van der Waals surface area contributed by atoms with Crippen LogP contribution in [0.15, 0.2) is 21.5 Å². The molecule has 6 nitrogen and oxygen atoms in total. The number of rotatable bonds is 4. The van der Waals surface area contributed by atoms with E-state index >= 15 is 0 Å². The summed E-state index contributed by atoms with van der Waals surface area (Å²) in [7, 11) is 2.18. The molecule has 3 heterocycles. The molecule has 2 aromatic rings. The van der Waals surface area contributed by atoms with E-state index in [-0.39, 0.29) is 5.56 Å². The Kier molecular flexibility index (Phi) is 8.86. The van der Waals surface area contributed by atoms with Gasteiger partial charge in [-0.1, -0.05) is 20.3 Å². The molecular formula is C20H32BrN5O. The second-order valence-corrected chi connectivity index (χ2v) is 8.19. The molecule has 0 bridgehead atoms. The normalized spacial score (nSPS) is 18.0. The quantitative estimate of drug-likeness (QED) is 0.795. The monoisotopic (exact) mass is 437 g/mol. The van der Waals surface area contributed by atoms with Gasteiger partial charge in [0, 0.05) is 43.3 Å². The molecule has 1 atom stereocenters. The summed E-state index contributed by atoms with van der Waals surface area (Å²) in [6.45, 7) is 11.8. The van der Waals surface area contributed by atoms with Gasteiger partial charge in [-0.3, -0.25) is 9.36 Å². The maximum absolute atomic E-state index is 12.4. The number of likely N-dealkylation sites (N-methyl/N-ethyl adjacent to an activating group) is 1. The van der Waals surface area contributed by atoms with Crippen LogP contribution in [-0.2, 0) is 13.0 Å². The van der Waals surface area contributed by atoms with E-state index < -0.39 is 0 Å². The predicted molar refractivity (Wildman–Crippen MR) is 115 cm³/mol. The van der Waals surface area contributed by atoms with Crippen LogP contribution < -0.4 is 10.9 Å². The van der Waals surface area contributed by atoms with Gasteiger partial charge in [-0.05, 0) is 54.9 Å². The summed E-state index contributed by atoms with van der Waals surface area (Å²) < 4.78 is 2.55. The number of aryl methyl sites for hydroxylation is 1. The van der Waals surface area contributed by atoms with Gasteiger partial charge in [0.05, 0.1) is 5.39 Å². The van der Waals surface area contributed by atoms with Crippen molar-refractivity contribution in [2.75, 3.05) is 33.2 Å². The molecular weight excluding hydrogens is 406 g/mol. The fraction of sp³-hybridized carbons (Fsp3) is 0.650. The SMILES string of the molecule is CC1CNCCN(C)C1.CCCCc1nc2ncc(Br)cc2c(=O)n1CC. The molecule has 1 aliphatic heterocycles. The van der Waals surface area contributed by atoms with E-state index in [2.05, 4.69) is 57.0 Å². The first kappa shape index (κ1) is 22.0. The standard InChI is InChI=1S/C13H16BrN3O.C7H16N2/c1-3-5-6-11-16-12-10(7-9(14)8-15-12)13(18)17(11)4-2;1-7-5-8-3-4-9(2)6-7/h7-8H,3-6H2,1-2H3;7-8H,3-6H2,1-2H3. The van der Waals surface area contributed by atoms with Crippen LogP contribution in [0.25, 0.3) is 11.0 Å². The highest BCUT2D eigenvalue weighted by Gasteiger charge is 2.11. The van der Waals surface area contributed by atoms with E-state index in [1.165, 1.54) is 19.6 Å². The van der Waals surface area contributed by atoms with E-state index in [9.17, 15) is 4.79 Å². The van der Waals surface area contributed by atoms with Crippen LogP contribution in [0.1, 0.15) is 39.4 Å². The third-order valence-electron chi connectivity index (χ3n) is 4.71. The molecule has 1 aliphatic rings. The Hall–Kier alpha value is -1.31. The summed E-state index contributed by atoms with van der Waals surface area (Å²) in [5, 5.41) is 3.96. The van der Waals surface area contributed by atoms with Crippen molar-refractivity contribution in [2.45, 2.75) is 46.6 Å². The number of halogens is 1. The Labute approximate surface area is 170 Å². The number of hydrogen-bond donors (Lipinski definition) is 1. The Morgan fingerprint density at radius 3 is 2.85 bits per heavy atom. The minimum atomic E-state index is 0.00223. The zero-order valence-corrected chi connectivity index (χ0v) is 18.5. The van der Waals surface area contributed by atoms with Crippen LogP contribution in [0.4, 0.5) is 0 Å². The van der Waals surface area contributed by atoms with Crippen LogP contribution in [0.2, 0.25) is 0 Å². The van der Waals surface area contributed by atoms with Gasteiger partial charge in [0.15, 0.2) is 5.65 Å². The molecule has 1 unspecified atom stereocenters. The molecule has 2 aromatic heterocycles. The predicted octanol–water partition coefficient (Wildman–Crippen LogP) is 3.07. The molecule has 1 saturated heterocycles. The number of pyridine rings is 1. The summed E-state index contributed by atoms with van der Waals surface area (Å²) in [4.78, 5) is 23.5. The van der Waals surface area contributed by atoms with E-state index in [0.29, 0.717) is 17.6 Å². The van der Waals surface area contributed by atoms with Crippen molar-refractivity contribution >= 4 is 27.0 Å². The third kappa shape index (κ3) is 6.36. The number of nitrogens with zero attached hydrogens (tertiary/aromatic N) is 4. The maximum Gasteiger partial charge on any atom is 0.263 e. The Morgan fingerprint density at radius 2 is 2.15 bits per heavy atom. The first-order valence-electron chi connectivity index (χ1n) is 9.90. The van der Waals surface area contributed by atoms with Gasteiger partial charge >= 0.3 is 0 Å². The average molecular weight is 438 g/mol. The summed E-state index contributed by atoms with van der Waals surface area (Å²) in [5.41, 5.74) is 0.543. The van der Waals surface area contributed by atoms with Crippen LogP contribution in [0.3, 0.4) is 0 Å². The zero-order valence-electron chi connectivity index (χ0n) is 17.0. The topological polar surface area (TPSA) is 63.0 Å². The minimum Gasteiger partial charge on any atom is -0.315 e. The molecule has 1 N–H and O–H groups in total. The molecule has 0 radical (unpaired) electrons. The van der Waals surface area contributed by atoms with E-state index in [1.54, 1.807) is 16.8 Å². The number of aromatic nitrogens is 3. The fourth-order valence-corrected chi connectivity index (χ4v) is 3.61. The molecule has 7 heteroatoms. The summed E-state index contributed by atoms with van der Waals surface area (Å²) in [5.74, 6) is 1.66. The summed E-state index contributed by atoms with van der Waals surface area (Å²) in [6, 6.07) is 1.79. The molecule has 3 rings (SSSR count). The van der Waals surface area contributed by atoms with E-state index in [4.69, 9.17) is 0 Å². The van der Waals surface area contributed by atoms with E-state index in [0.717, 1.165) is 42.0 Å². The average Bonchev–Trinajstić information content (AvgIpc) is 2.84. The fourth-order valence-electron chi connectivity index (χ4n) is 3.28. The second kappa shape index (κ2) is 10.9. The van der Waals surface area contributed by atoms with Crippen LogP contribution in [0, 0.1) is 5.92 Å². The highest BCUT2D eigenvalue weighted by molar-refractivity contribution is 9.10. The molecule has 0 spiro atoms. The summed E-state index contributed by atoms with van der Waals surface area (Å²) in [6.07, 6.45) is 4.63. The van der Waals surface area contributed by atoms with Crippen molar-refractivity contribution in [2.24, 2.45) is 5.92 Å². The lowest BCUT2D eigenvalue weighted by Crippen LogP contribution is -2.25. The molecule has 150 valence electrons. The molecule has 0 aliphatic carbocycles. The lowest BCUT2D eigenvalue weighted by atomic mass is 10.2. The van der Waals surface area contributed by atoms with Crippen LogP contribution in [0.5, 0.6) is 0 Å². The second-order valence-electron chi connectivity index (χ2n) is 7.28. The van der Waals surface area contributed by atoms with Gasteiger partial charge < -0.3 is 10.2 Å². The van der Waals surface area contributed by atoms with Crippen LogP contribution >= 0.6 is 15.9 Å². The van der Waals surface area contributed by atoms with Crippen molar-refractivity contribution in [1.82, 2.24) is 24.8 Å². The maximum atomic E-state index is 12.4. The number of nitrogens with one attached hydrogen (secondary N) is 1. The van der Waals surface area contributed by atoms with Gasteiger partial charge in [0.25, 0.3) is 5.56 Å². The molecule has 27 heavy (non-hydrogen) atoms. The van der Waals surface area contributed by atoms with Crippen molar-refractivity contribution in [3.8, 4) is 0 Å². The first-order chi connectivity index (χ1) is 13.0. The van der Waals surface area contributed by atoms with Gasteiger partial charge in [0.2, 0.25) is 0 Å². The van der Waals surface area contributed by atoms with Gasteiger partial charge in [0.1, 0.15) is 5.82 Å². The molecule has 0 saturated carbocycles. The molecule has 0 aromatic carbocycles. The van der Waals surface area contributed by atoms with Crippen molar-refractivity contribution in [3.05, 3.63) is 32.9 Å². The third-order valence-corrected chi connectivity index (χ3v) is 5.15. The van der Waals surface area contributed by atoms with Gasteiger partial charge in [-0.2, -0.15) is 0 Å². The van der Waals surface area contributed by atoms with Gasteiger partial charge in [-0.15, -0.1) is 0 Å². The Balaban J connectivity index is 0.000000244. The molecule has 1 fully saturated rings. The highest BCUT2D eigenvalue weighted by atomic mass is 79.9. The highest BCUT2D eigenvalue weighted by Crippen LogP contribution is 2.14. The smallest absolute Gasteiger partial charge is 0.263 e. The Bertz CT molecular complexity index is 782. The Morgan fingerprint density at radius 1 is 1.37 bits per heavy atom. The largest absolute Gasteiger partial charge is 0.315 e. The first-order valence-corrected chi connectivity index (χ1v) is 10.7. The number of fused-ring (bicyclic) bond motifs is 1. The number of unbranched alkanes of at least 4 members (excludes halogenated alkanes) is 1. The molecule has 0 amide bonds. The van der Waals surface area contributed by atoms with Crippen LogP contribution in [-0.4, -0.2) is 52.7 Å². The van der Waals surface area contributed by atoms with Crippen molar-refractivity contribution < 1.29 is 0 Å². The lowest BCUT2D eigenvalue weighted by molar-refractivity contribution is 0.321. The van der Waals surface area contributed by atoms with Crippen molar-refractivity contribution in [3.63, 3.8) is 0 Å². The zero-order chi connectivity index (χ0) is 19.8. The lowest BCUT2D eigenvalue weighted by Gasteiger charge is -2.14. The van der Waals surface area contributed by atoms with Gasteiger partial charge in [-0.25, -0.2) is 9.97 Å². The minimum absolute atomic E-state index is 0.00223. The van der Waals surface area contributed by atoms with E-state index in [1.807, 2.05) is 6.92 Å². The summed E-state index contributed by atoms with van der Waals surface area (Å²) >= 11 is 3.34. The van der Waals surface area contributed by atoms with Crippen molar-refractivity contribution in [1.29, 1.82) is 0 Å².